The van der Waals surface area contributed by atoms with Gasteiger partial charge in [-0.1, -0.05) is 6.92 Å². The van der Waals surface area contributed by atoms with E-state index in [-0.39, 0.29) is 30.5 Å². The lowest BCUT2D eigenvalue weighted by molar-refractivity contribution is -0.253. The quantitative estimate of drug-likeness (QED) is 0.661. The van der Waals surface area contributed by atoms with Crippen LogP contribution in [-0.4, -0.2) is 42.8 Å². The maximum atomic E-state index is 6.05. The van der Waals surface area contributed by atoms with Gasteiger partial charge in [-0.15, -0.1) is 0 Å². The molecule has 0 aromatic rings. The van der Waals surface area contributed by atoms with Gasteiger partial charge in [-0.3, -0.25) is 0 Å². The molecule has 5 atom stereocenters. The Bertz CT molecular complexity index is 340. The fourth-order valence-electron chi connectivity index (χ4n) is 2.89. The van der Waals surface area contributed by atoms with Gasteiger partial charge in [0.25, 0.3) is 0 Å². The van der Waals surface area contributed by atoms with Crippen LogP contribution in [0.25, 0.3) is 0 Å². The molecule has 0 aromatic carbocycles. The number of rotatable bonds is 0. The number of fused-ring (bicyclic) bond motifs is 3. The molecular weight excluding hydrogens is 236 g/mol. The molecule has 0 N–H and O–H groups in total. The summed E-state index contributed by atoms with van der Waals surface area (Å²) in [5.74, 6) is -0.954. The minimum Gasteiger partial charge on any atom is -0.350 e. The van der Waals surface area contributed by atoms with E-state index < -0.39 is 11.6 Å². The van der Waals surface area contributed by atoms with Gasteiger partial charge in [-0.25, -0.2) is 0 Å². The molecular formula is C13H22O5. The first kappa shape index (κ1) is 12.8. The van der Waals surface area contributed by atoms with Crippen LogP contribution in [0.2, 0.25) is 0 Å². The van der Waals surface area contributed by atoms with Gasteiger partial charge in [0.2, 0.25) is 0 Å². The van der Waals surface area contributed by atoms with Crippen molar-refractivity contribution < 1.29 is 23.7 Å². The molecule has 0 radical (unpaired) electrons. The van der Waals surface area contributed by atoms with Crippen LogP contribution in [-0.2, 0) is 23.7 Å². The van der Waals surface area contributed by atoms with Gasteiger partial charge >= 0.3 is 0 Å². The zero-order chi connectivity index (χ0) is 13.1. The predicted octanol–water partition coefficient (Wildman–Crippen LogP) is 1.65. The Labute approximate surface area is 108 Å². The second-order valence-electron chi connectivity index (χ2n) is 6.34. The molecule has 0 bridgehead atoms. The van der Waals surface area contributed by atoms with E-state index in [9.17, 15) is 0 Å². The van der Waals surface area contributed by atoms with Crippen molar-refractivity contribution in [1.82, 2.24) is 0 Å². The highest BCUT2D eigenvalue weighted by atomic mass is 16.8. The molecule has 5 nitrogen and oxygen atoms in total. The molecule has 0 aliphatic carbocycles. The average Bonchev–Trinajstić information content (AvgIpc) is 2.65. The second-order valence-corrected chi connectivity index (χ2v) is 6.34. The van der Waals surface area contributed by atoms with E-state index in [0.717, 1.165) is 0 Å². The third kappa shape index (κ3) is 2.08. The molecule has 0 spiro atoms. The molecule has 3 fully saturated rings. The summed E-state index contributed by atoms with van der Waals surface area (Å²) in [4.78, 5) is 0. The van der Waals surface area contributed by atoms with Gasteiger partial charge in [0.15, 0.2) is 17.9 Å². The summed E-state index contributed by atoms with van der Waals surface area (Å²) in [7, 11) is 0. The van der Waals surface area contributed by atoms with Crippen molar-refractivity contribution in [1.29, 1.82) is 0 Å². The normalized spacial score (nSPS) is 49.5. The van der Waals surface area contributed by atoms with Crippen LogP contribution in [0.1, 0.15) is 34.6 Å². The van der Waals surface area contributed by atoms with E-state index in [2.05, 4.69) is 6.92 Å². The smallest absolute Gasteiger partial charge is 0.190 e. The van der Waals surface area contributed by atoms with E-state index in [1.54, 1.807) is 0 Å². The van der Waals surface area contributed by atoms with Crippen molar-refractivity contribution in [3.63, 3.8) is 0 Å². The highest BCUT2D eigenvalue weighted by Crippen LogP contribution is 2.43. The second kappa shape index (κ2) is 3.90. The summed E-state index contributed by atoms with van der Waals surface area (Å²) in [5.41, 5.74) is 0. The Morgan fingerprint density at radius 1 is 0.833 bits per heavy atom. The van der Waals surface area contributed by atoms with Gasteiger partial charge in [0, 0.05) is 5.92 Å². The molecule has 0 amide bonds. The number of hydrogen-bond donors (Lipinski definition) is 0. The van der Waals surface area contributed by atoms with Crippen molar-refractivity contribution in [2.75, 3.05) is 6.61 Å². The lowest BCUT2D eigenvalue weighted by atomic mass is 9.99. The lowest BCUT2D eigenvalue weighted by Crippen LogP contribution is -2.42. The first-order valence-corrected chi connectivity index (χ1v) is 6.60. The Morgan fingerprint density at radius 3 is 2.22 bits per heavy atom. The first-order valence-electron chi connectivity index (χ1n) is 6.60. The van der Waals surface area contributed by atoms with E-state index in [4.69, 9.17) is 23.7 Å². The van der Waals surface area contributed by atoms with Crippen molar-refractivity contribution in [3.05, 3.63) is 0 Å². The molecule has 3 aliphatic rings. The lowest BCUT2D eigenvalue weighted by Gasteiger charge is -2.30. The summed E-state index contributed by atoms with van der Waals surface area (Å²) in [6, 6.07) is 0. The largest absolute Gasteiger partial charge is 0.350 e. The molecule has 0 unspecified atom stereocenters. The van der Waals surface area contributed by atoms with Gasteiger partial charge in [0.05, 0.1) is 12.7 Å². The average molecular weight is 258 g/mol. The summed E-state index contributed by atoms with van der Waals surface area (Å²) in [6.45, 7) is 10.4. The summed E-state index contributed by atoms with van der Waals surface area (Å²) >= 11 is 0. The molecule has 0 saturated carbocycles. The highest BCUT2D eigenvalue weighted by Gasteiger charge is 2.58. The number of hydrogen-bond acceptors (Lipinski definition) is 5. The van der Waals surface area contributed by atoms with Gasteiger partial charge < -0.3 is 23.7 Å². The first-order chi connectivity index (χ1) is 8.27. The van der Waals surface area contributed by atoms with Crippen LogP contribution in [0.15, 0.2) is 0 Å². The minimum absolute atomic E-state index is 0.0297. The highest BCUT2D eigenvalue weighted by molar-refractivity contribution is 4.97. The molecule has 18 heavy (non-hydrogen) atoms. The third-order valence-electron chi connectivity index (χ3n) is 3.70. The molecule has 3 heterocycles. The molecule has 104 valence electrons. The van der Waals surface area contributed by atoms with Crippen molar-refractivity contribution in [2.24, 2.45) is 5.92 Å². The van der Waals surface area contributed by atoms with Crippen LogP contribution in [0.5, 0.6) is 0 Å². The molecule has 3 saturated heterocycles. The Balaban J connectivity index is 1.84. The van der Waals surface area contributed by atoms with Gasteiger partial charge in [0.1, 0.15) is 12.2 Å². The third-order valence-corrected chi connectivity index (χ3v) is 3.70. The van der Waals surface area contributed by atoms with Gasteiger partial charge in [-0.05, 0) is 27.7 Å². The monoisotopic (exact) mass is 258 g/mol. The number of ether oxygens (including phenoxy) is 5. The maximum Gasteiger partial charge on any atom is 0.190 e. The Kier molecular flexibility index (Phi) is 2.78. The van der Waals surface area contributed by atoms with E-state index >= 15 is 0 Å². The van der Waals surface area contributed by atoms with Gasteiger partial charge in [-0.2, -0.15) is 0 Å². The van der Waals surface area contributed by atoms with Crippen molar-refractivity contribution in [3.8, 4) is 0 Å². The van der Waals surface area contributed by atoms with Crippen molar-refractivity contribution in [2.45, 2.75) is 70.8 Å². The van der Waals surface area contributed by atoms with Crippen LogP contribution in [0, 0.1) is 5.92 Å². The fraction of sp³-hybridized carbons (Fsp3) is 1.00. The Hall–Kier alpha value is -0.200. The fourth-order valence-corrected chi connectivity index (χ4v) is 2.89. The maximum absolute atomic E-state index is 6.05. The zero-order valence-electron chi connectivity index (χ0n) is 11.6. The summed E-state index contributed by atoms with van der Waals surface area (Å²) < 4.78 is 29.4. The van der Waals surface area contributed by atoms with E-state index in [1.807, 2.05) is 27.7 Å². The van der Waals surface area contributed by atoms with Crippen LogP contribution < -0.4 is 0 Å². The van der Waals surface area contributed by atoms with Crippen molar-refractivity contribution >= 4 is 0 Å². The molecule has 3 aliphatic heterocycles. The van der Waals surface area contributed by atoms with E-state index in [0.29, 0.717) is 6.61 Å². The summed E-state index contributed by atoms with van der Waals surface area (Å²) in [6.07, 6.45) is -0.665. The standard InChI is InChI=1S/C13H22O5/c1-7-6-14-12(2,3)16-9-8(7)15-11-10(9)17-13(4,5)18-11/h7-11H,6H2,1-5H3/t7-,8+,9-,10+,11+/m0/s1. The van der Waals surface area contributed by atoms with Crippen LogP contribution in [0.3, 0.4) is 0 Å². The topological polar surface area (TPSA) is 46.2 Å². The van der Waals surface area contributed by atoms with E-state index in [1.165, 1.54) is 0 Å². The van der Waals surface area contributed by atoms with Crippen LogP contribution in [0.4, 0.5) is 0 Å². The Morgan fingerprint density at radius 2 is 1.50 bits per heavy atom. The minimum atomic E-state index is -0.609. The zero-order valence-corrected chi connectivity index (χ0v) is 11.6. The summed E-state index contributed by atoms with van der Waals surface area (Å²) in [5, 5.41) is 0. The predicted molar refractivity (Wildman–Crippen MR) is 62.8 cm³/mol. The van der Waals surface area contributed by atoms with Crippen LogP contribution >= 0.6 is 0 Å². The SMILES string of the molecule is C[C@H]1COC(C)(C)O[C@@H]2[C@H]3OC(C)(C)O[C@H]3O[C@@H]21. The molecule has 5 heteroatoms. The molecule has 3 rings (SSSR count). The molecule has 0 aromatic heterocycles.